The third kappa shape index (κ3) is 1.91. The number of rotatable bonds is 1. The van der Waals surface area contributed by atoms with E-state index in [0.717, 1.165) is 25.7 Å². The summed E-state index contributed by atoms with van der Waals surface area (Å²) < 4.78 is 0. The fourth-order valence-electron chi connectivity index (χ4n) is 3.11. The third-order valence-corrected chi connectivity index (χ3v) is 4.29. The van der Waals surface area contributed by atoms with E-state index >= 15 is 0 Å². The Morgan fingerprint density at radius 1 is 1.05 bits per heavy atom. The summed E-state index contributed by atoms with van der Waals surface area (Å²) >= 11 is 0. The van der Waals surface area contributed by atoms with Crippen molar-refractivity contribution in [3.05, 3.63) is 29.3 Å². The van der Waals surface area contributed by atoms with Crippen molar-refractivity contribution in [2.24, 2.45) is 5.92 Å². The van der Waals surface area contributed by atoms with E-state index in [2.05, 4.69) is 6.92 Å². The Bertz CT molecular complexity index is 545. The van der Waals surface area contributed by atoms with Crippen molar-refractivity contribution >= 4 is 17.5 Å². The van der Waals surface area contributed by atoms with Crippen molar-refractivity contribution in [2.75, 3.05) is 5.73 Å². The molecular weight excluding hydrogens is 240 g/mol. The molecular formula is C15H18N2O2. The number of hydrogen-bond donors (Lipinski definition) is 1. The second kappa shape index (κ2) is 4.37. The highest BCUT2D eigenvalue weighted by Crippen LogP contribution is 2.33. The molecule has 1 aromatic carbocycles. The van der Waals surface area contributed by atoms with Crippen LogP contribution in [0.2, 0.25) is 0 Å². The molecule has 4 heteroatoms. The lowest BCUT2D eigenvalue weighted by Crippen LogP contribution is -2.41. The van der Waals surface area contributed by atoms with Crippen LogP contribution in [0.3, 0.4) is 0 Å². The molecule has 0 spiro atoms. The number of fused-ring (bicyclic) bond motifs is 1. The number of imide groups is 1. The summed E-state index contributed by atoms with van der Waals surface area (Å²) in [5, 5.41) is 0. The van der Waals surface area contributed by atoms with Crippen molar-refractivity contribution in [1.82, 2.24) is 4.90 Å². The lowest BCUT2D eigenvalue weighted by Gasteiger charge is -2.32. The Hall–Kier alpha value is -1.84. The highest BCUT2D eigenvalue weighted by molar-refractivity contribution is 6.21. The zero-order valence-corrected chi connectivity index (χ0v) is 11.1. The maximum Gasteiger partial charge on any atom is 0.261 e. The smallest absolute Gasteiger partial charge is 0.261 e. The molecule has 2 amide bonds. The minimum Gasteiger partial charge on any atom is -0.399 e. The van der Waals surface area contributed by atoms with E-state index in [9.17, 15) is 9.59 Å². The van der Waals surface area contributed by atoms with Crippen LogP contribution in [0.15, 0.2) is 18.2 Å². The van der Waals surface area contributed by atoms with Gasteiger partial charge in [0, 0.05) is 11.7 Å². The van der Waals surface area contributed by atoms with Crippen molar-refractivity contribution in [3.8, 4) is 0 Å². The summed E-state index contributed by atoms with van der Waals surface area (Å²) in [7, 11) is 0. The Balaban J connectivity index is 1.90. The Morgan fingerprint density at radius 3 is 2.37 bits per heavy atom. The van der Waals surface area contributed by atoms with Gasteiger partial charge in [-0.25, -0.2) is 0 Å². The molecule has 0 unspecified atom stereocenters. The van der Waals surface area contributed by atoms with Crippen molar-refractivity contribution in [3.63, 3.8) is 0 Å². The Labute approximate surface area is 112 Å². The Kier molecular flexibility index (Phi) is 2.81. The van der Waals surface area contributed by atoms with Crippen LogP contribution < -0.4 is 5.73 Å². The van der Waals surface area contributed by atoms with Crippen molar-refractivity contribution < 1.29 is 9.59 Å². The van der Waals surface area contributed by atoms with Crippen LogP contribution >= 0.6 is 0 Å². The fourth-order valence-corrected chi connectivity index (χ4v) is 3.11. The topological polar surface area (TPSA) is 63.4 Å². The maximum absolute atomic E-state index is 12.4. The molecule has 1 aromatic rings. The van der Waals surface area contributed by atoms with Gasteiger partial charge in [0.2, 0.25) is 0 Å². The summed E-state index contributed by atoms with van der Waals surface area (Å²) in [6, 6.07) is 5.01. The van der Waals surface area contributed by atoms with Gasteiger partial charge in [0.25, 0.3) is 11.8 Å². The van der Waals surface area contributed by atoms with E-state index in [0.29, 0.717) is 22.7 Å². The molecule has 0 aromatic heterocycles. The van der Waals surface area contributed by atoms with Crippen LogP contribution in [-0.2, 0) is 0 Å². The van der Waals surface area contributed by atoms with Crippen LogP contribution in [-0.4, -0.2) is 22.8 Å². The van der Waals surface area contributed by atoms with Crippen LogP contribution in [0.5, 0.6) is 0 Å². The molecule has 1 aliphatic heterocycles. The lowest BCUT2D eigenvalue weighted by molar-refractivity contribution is 0.0533. The first kappa shape index (κ1) is 12.2. The van der Waals surface area contributed by atoms with Gasteiger partial charge in [-0.15, -0.1) is 0 Å². The van der Waals surface area contributed by atoms with E-state index in [1.165, 1.54) is 4.90 Å². The highest BCUT2D eigenvalue weighted by atomic mass is 16.2. The molecule has 3 rings (SSSR count). The molecule has 0 saturated heterocycles. The minimum atomic E-state index is -0.174. The summed E-state index contributed by atoms with van der Waals surface area (Å²) in [4.78, 5) is 26.2. The first-order valence-electron chi connectivity index (χ1n) is 6.85. The predicted molar refractivity (Wildman–Crippen MR) is 72.8 cm³/mol. The van der Waals surface area contributed by atoms with Gasteiger partial charge in [-0.2, -0.15) is 0 Å². The van der Waals surface area contributed by atoms with Crippen molar-refractivity contribution in [2.45, 2.75) is 38.6 Å². The minimum absolute atomic E-state index is 0.0600. The summed E-state index contributed by atoms with van der Waals surface area (Å²) in [6.07, 6.45) is 4.00. The van der Waals surface area contributed by atoms with Gasteiger partial charge in [-0.1, -0.05) is 6.92 Å². The molecule has 1 fully saturated rings. The van der Waals surface area contributed by atoms with E-state index in [1.807, 2.05) is 0 Å². The number of nitrogens with zero attached hydrogens (tertiary/aromatic N) is 1. The van der Waals surface area contributed by atoms with Crippen LogP contribution in [0.25, 0.3) is 0 Å². The van der Waals surface area contributed by atoms with Crippen LogP contribution in [0.1, 0.15) is 53.3 Å². The molecule has 0 radical (unpaired) electrons. The number of carbonyl (C=O) groups excluding carboxylic acids is 2. The lowest BCUT2D eigenvalue weighted by atomic mass is 9.86. The van der Waals surface area contributed by atoms with E-state index in [4.69, 9.17) is 5.73 Å². The molecule has 100 valence electrons. The number of anilines is 1. The average Bonchev–Trinajstić information content (AvgIpc) is 2.63. The molecule has 1 aliphatic carbocycles. The summed E-state index contributed by atoms with van der Waals surface area (Å²) in [5.74, 6) is 0.369. The predicted octanol–water partition coefficient (Wildman–Crippen LogP) is 2.44. The molecule has 1 heterocycles. The maximum atomic E-state index is 12.4. The second-order valence-electron chi connectivity index (χ2n) is 5.70. The molecule has 0 bridgehead atoms. The van der Waals surface area contributed by atoms with E-state index in [-0.39, 0.29) is 17.9 Å². The van der Waals surface area contributed by atoms with Gasteiger partial charge in [0.15, 0.2) is 0 Å². The highest BCUT2D eigenvalue weighted by Gasteiger charge is 2.40. The van der Waals surface area contributed by atoms with Crippen LogP contribution in [0, 0.1) is 5.92 Å². The second-order valence-corrected chi connectivity index (χ2v) is 5.70. The first-order chi connectivity index (χ1) is 9.08. The molecule has 2 aliphatic rings. The van der Waals surface area contributed by atoms with Gasteiger partial charge >= 0.3 is 0 Å². The molecule has 0 atom stereocenters. The van der Waals surface area contributed by atoms with Gasteiger partial charge < -0.3 is 5.73 Å². The van der Waals surface area contributed by atoms with Gasteiger partial charge in [0.05, 0.1) is 11.1 Å². The molecule has 4 nitrogen and oxygen atoms in total. The number of hydrogen-bond acceptors (Lipinski definition) is 3. The van der Waals surface area contributed by atoms with Crippen molar-refractivity contribution in [1.29, 1.82) is 0 Å². The number of benzene rings is 1. The standard InChI is InChI=1S/C15H18N2O2/c1-9-2-5-11(6-3-9)17-14(18)12-7-4-10(16)8-13(12)15(17)19/h4,7-9,11H,2-3,5-6,16H2,1H3. The van der Waals surface area contributed by atoms with Crippen LogP contribution in [0.4, 0.5) is 5.69 Å². The zero-order valence-electron chi connectivity index (χ0n) is 11.1. The largest absolute Gasteiger partial charge is 0.399 e. The monoisotopic (exact) mass is 258 g/mol. The molecule has 2 N–H and O–H groups in total. The third-order valence-electron chi connectivity index (χ3n) is 4.29. The van der Waals surface area contributed by atoms with E-state index in [1.54, 1.807) is 18.2 Å². The van der Waals surface area contributed by atoms with Gasteiger partial charge in [-0.05, 0) is 49.8 Å². The first-order valence-corrected chi connectivity index (χ1v) is 6.85. The Morgan fingerprint density at radius 2 is 1.68 bits per heavy atom. The summed E-state index contributed by atoms with van der Waals surface area (Å²) in [5.41, 5.74) is 7.19. The molecule has 19 heavy (non-hydrogen) atoms. The summed E-state index contributed by atoms with van der Waals surface area (Å²) in [6.45, 7) is 2.22. The fraction of sp³-hybridized carbons (Fsp3) is 0.467. The van der Waals surface area contributed by atoms with E-state index < -0.39 is 0 Å². The number of nitrogen functional groups attached to an aromatic ring is 1. The number of amides is 2. The number of nitrogens with two attached hydrogens (primary N) is 1. The van der Waals surface area contributed by atoms with Gasteiger partial charge in [-0.3, -0.25) is 14.5 Å². The van der Waals surface area contributed by atoms with Gasteiger partial charge in [0.1, 0.15) is 0 Å². The quantitative estimate of drug-likeness (QED) is 0.621. The normalized spacial score (nSPS) is 26.7. The number of carbonyl (C=O) groups is 2. The SMILES string of the molecule is CC1CCC(N2C(=O)c3ccc(N)cc3C2=O)CC1. The average molecular weight is 258 g/mol. The molecule has 1 saturated carbocycles. The zero-order chi connectivity index (χ0) is 13.6.